The van der Waals surface area contributed by atoms with Crippen molar-refractivity contribution in [3.63, 3.8) is 0 Å². The highest BCUT2D eigenvalue weighted by Crippen LogP contribution is 2.16. The number of dihydropyridines is 1. The zero-order chi connectivity index (χ0) is 12.2. The molecule has 0 radical (unpaired) electrons. The van der Waals surface area contributed by atoms with E-state index in [1.807, 2.05) is 20.0 Å². The third-order valence-corrected chi connectivity index (χ3v) is 2.43. The Morgan fingerprint density at radius 3 is 2.75 bits per heavy atom. The minimum absolute atomic E-state index is 0.0527. The maximum absolute atomic E-state index is 11.9. The average molecular weight is 236 g/mol. The second kappa shape index (κ2) is 5.34. The molecule has 0 fully saturated rings. The van der Waals surface area contributed by atoms with Gasteiger partial charge in [0.2, 0.25) is 5.90 Å². The van der Waals surface area contributed by atoms with Crippen molar-refractivity contribution in [2.45, 2.75) is 19.1 Å². The van der Waals surface area contributed by atoms with E-state index in [1.54, 1.807) is 0 Å². The van der Waals surface area contributed by atoms with Crippen LogP contribution in [0.25, 0.3) is 0 Å². The largest absolute Gasteiger partial charge is 0.468 e. The molecule has 0 saturated carbocycles. The number of rotatable bonds is 3. The van der Waals surface area contributed by atoms with Crippen molar-refractivity contribution in [1.82, 2.24) is 5.32 Å². The Bertz CT molecular complexity index is 286. The minimum atomic E-state index is -4.31. The maximum atomic E-state index is 11.9. The Kier molecular flexibility index (Phi) is 4.35. The molecule has 0 bridgehead atoms. The van der Waals surface area contributed by atoms with Crippen LogP contribution in [0.5, 0.6) is 0 Å². The molecule has 1 aliphatic rings. The standard InChI is InChI=1S/C10H15F3N2O/c1-7(14-2)8-3-4-9(15-5-8)16-6-10(11,12)13/h3-4,7-8,14H,5-6H2,1-2H3. The topological polar surface area (TPSA) is 33.6 Å². The molecule has 1 N–H and O–H groups in total. The Morgan fingerprint density at radius 2 is 2.31 bits per heavy atom. The quantitative estimate of drug-likeness (QED) is 0.810. The molecule has 1 rings (SSSR count). The molecule has 0 aromatic rings. The third-order valence-electron chi connectivity index (χ3n) is 2.43. The van der Waals surface area contributed by atoms with E-state index < -0.39 is 12.8 Å². The summed E-state index contributed by atoms with van der Waals surface area (Å²) in [6, 6.07) is 0.240. The number of nitrogens with one attached hydrogen (secondary N) is 1. The van der Waals surface area contributed by atoms with Gasteiger partial charge in [-0.1, -0.05) is 6.08 Å². The Hall–Kier alpha value is -1.04. The van der Waals surface area contributed by atoms with Crippen molar-refractivity contribution in [3.05, 3.63) is 12.2 Å². The van der Waals surface area contributed by atoms with Gasteiger partial charge in [0.25, 0.3) is 0 Å². The molecule has 0 aromatic heterocycles. The Balaban J connectivity index is 2.40. The maximum Gasteiger partial charge on any atom is 0.422 e. The van der Waals surface area contributed by atoms with E-state index in [1.165, 1.54) is 6.08 Å². The van der Waals surface area contributed by atoms with Gasteiger partial charge in [0.1, 0.15) is 0 Å². The molecule has 1 heterocycles. The zero-order valence-corrected chi connectivity index (χ0v) is 9.21. The first-order chi connectivity index (χ1) is 7.42. The molecular weight excluding hydrogens is 221 g/mol. The van der Waals surface area contributed by atoms with Crippen LogP contribution in [0, 0.1) is 5.92 Å². The van der Waals surface area contributed by atoms with E-state index >= 15 is 0 Å². The van der Waals surface area contributed by atoms with Crippen molar-refractivity contribution in [1.29, 1.82) is 0 Å². The van der Waals surface area contributed by atoms with Crippen molar-refractivity contribution in [2.24, 2.45) is 10.9 Å². The molecule has 0 saturated heterocycles. The summed E-state index contributed by atoms with van der Waals surface area (Å²) in [4.78, 5) is 3.95. The first kappa shape index (κ1) is 13.0. The molecular formula is C10H15F3N2O. The van der Waals surface area contributed by atoms with Gasteiger partial charge in [0.05, 0.1) is 6.54 Å². The second-order valence-corrected chi connectivity index (χ2v) is 3.68. The molecule has 0 amide bonds. The van der Waals surface area contributed by atoms with Gasteiger partial charge in [0, 0.05) is 12.0 Å². The highest BCUT2D eigenvalue weighted by Gasteiger charge is 2.29. The summed E-state index contributed by atoms with van der Waals surface area (Å²) < 4.78 is 40.1. The fraction of sp³-hybridized carbons (Fsp3) is 0.700. The summed E-state index contributed by atoms with van der Waals surface area (Å²) in [5.74, 6) is 0.250. The highest BCUT2D eigenvalue weighted by atomic mass is 19.4. The highest BCUT2D eigenvalue weighted by molar-refractivity contribution is 5.88. The van der Waals surface area contributed by atoms with Gasteiger partial charge in [0.15, 0.2) is 6.61 Å². The molecule has 3 nitrogen and oxygen atoms in total. The summed E-state index contributed by atoms with van der Waals surface area (Å²) in [6.45, 7) is 1.15. The van der Waals surface area contributed by atoms with Crippen LogP contribution in [0.1, 0.15) is 6.92 Å². The number of hydrogen-bond donors (Lipinski definition) is 1. The van der Waals surface area contributed by atoms with Gasteiger partial charge in [-0.05, 0) is 20.0 Å². The fourth-order valence-electron chi connectivity index (χ4n) is 1.30. The first-order valence-corrected chi connectivity index (χ1v) is 5.02. The zero-order valence-electron chi connectivity index (χ0n) is 9.21. The average Bonchev–Trinajstić information content (AvgIpc) is 2.25. The number of halogens is 3. The predicted molar refractivity (Wildman–Crippen MR) is 55.5 cm³/mol. The summed E-state index contributed by atoms with van der Waals surface area (Å²) in [6.07, 6.45) is -1.00. The van der Waals surface area contributed by atoms with Crippen LogP contribution >= 0.6 is 0 Å². The molecule has 6 heteroatoms. The van der Waals surface area contributed by atoms with Crippen LogP contribution in [-0.4, -0.2) is 38.3 Å². The fourth-order valence-corrected chi connectivity index (χ4v) is 1.30. The second-order valence-electron chi connectivity index (χ2n) is 3.68. The number of hydrogen-bond acceptors (Lipinski definition) is 3. The predicted octanol–water partition coefficient (Wildman–Crippen LogP) is 1.76. The van der Waals surface area contributed by atoms with Crippen molar-refractivity contribution >= 4 is 5.90 Å². The van der Waals surface area contributed by atoms with E-state index in [0.29, 0.717) is 6.54 Å². The number of nitrogens with zero attached hydrogens (tertiary/aromatic N) is 1. The van der Waals surface area contributed by atoms with Crippen LogP contribution in [0.4, 0.5) is 13.2 Å². The van der Waals surface area contributed by atoms with Gasteiger partial charge in [-0.15, -0.1) is 0 Å². The lowest BCUT2D eigenvalue weighted by Crippen LogP contribution is -2.33. The van der Waals surface area contributed by atoms with E-state index in [9.17, 15) is 13.2 Å². The number of alkyl halides is 3. The van der Waals surface area contributed by atoms with E-state index in [0.717, 1.165) is 0 Å². The van der Waals surface area contributed by atoms with Gasteiger partial charge in [-0.3, -0.25) is 4.99 Å². The summed E-state index contributed by atoms with van der Waals surface area (Å²) in [7, 11) is 1.83. The van der Waals surface area contributed by atoms with Crippen molar-refractivity contribution in [3.8, 4) is 0 Å². The summed E-state index contributed by atoms with van der Waals surface area (Å²) >= 11 is 0. The lowest BCUT2D eigenvalue weighted by molar-refractivity contribution is -0.156. The Labute approximate surface area is 92.4 Å². The van der Waals surface area contributed by atoms with Crippen molar-refractivity contribution < 1.29 is 17.9 Å². The van der Waals surface area contributed by atoms with E-state index in [4.69, 9.17) is 0 Å². The van der Waals surface area contributed by atoms with Crippen LogP contribution in [0.2, 0.25) is 0 Å². The molecule has 2 atom stereocenters. The normalized spacial score (nSPS) is 22.8. The lowest BCUT2D eigenvalue weighted by Gasteiger charge is -2.21. The van der Waals surface area contributed by atoms with E-state index in [-0.39, 0.29) is 17.9 Å². The Morgan fingerprint density at radius 1 is 1.62 bits per heavy atom. The van der Waals surface area contributed by atoms with Crippen LogP contribution in [0.3, 0.4) is 0 Å². The minimum Gasteiger partial charge on any atom is -0.468 e. The molecule has 0 aromatic carbocycles. The molecule has 0 spiro atoms. The first-order valence-electron chi connectivity index (χ1n) is 5.02. The van der Waals surface area contributed by atoms with Gasteiger partial charge < -0.3 is 10.1 Å². The summed E-state index contributed by atoms with van der Waals surface area (Å²) in [5.41, 5.74) is 0. The smallest absolute Gasteiger partial charge is 0.422 e. The molecule has 2 unspecified atom stereocenters. The van der Waals surface area contributed by atoms with Gasteiger partial charge in [-0.25, -0.2) is 0 Å². The third kappa shape index (κ3) is 4.22. The number of aliphatic imine (C=N–C) groups is 1. The SMILES string of the molecule is CNC(C)C1C=CC(OCC(F)(F)F)=NC1. The van der Waals surface area contributed by atoms with Gasteiger partial charge >= 0.3 is 6.18 Å². The lowest BCUT2D eigenvalue weighted by atomic mass is 9.99. The molecule has 92 valence electrons. The van der Waals surface area contributed by atoms with Crippen molar-refractivity contribution in [2.75, 3.05) is 20.2 Å². The number of ether oxygens (including phenoxy) is 1. The monoisotopic (exact) mass is 236 g/mol. The molecule has 0 aliphatic carbocycles. The molecule has 16 heavy (non-hydrogen) atoms. The van der Waals surface area contributed by atoms with Crippen LogP contribution in [0.15, 0.2) is 17.1 Å². The van der Waals surface area contributed by atoms with E-state index in [2.05, 4.69) is 15.0 Å². The van der Waals surface area contributed by atoms with Crippen LogP contribution in [-0.2, 0) is 4.74 Å². The van der Waals surface area contributed by atoms with Gasteiger partial charge in [-0.2, -0.15) is 13.2 Å². The van der Waals surface area contributed by atoms with Crippen LogP contribution < -0.4 is 5.32 Å². The summed E-state index contributed by atoms with van der Waals surface area (Å²) in [5, 5.41) is 3.06. The molecule has 1 aliphatic heterocycles.